The van der Waals surface area contributed by atoms with E-state index in [4.69, 9.17) is 0 Å². The SMILES string of the molecule is Cc1nc2c([nH]1)c(=O)[nH]c(=O)n2CC1CCCCC1. The minimum Gasteiger partial charge on any atom is -0.336 e. The Morgan fingerprint density at radius 3 is 2.68 bits per heavy atom. The van der Waals surface area contributed by atoms with Gasteiger partial charge in [0.05, 0.1) is 0 Å². The van der Waals surface area contributed by atoms with Gasteiger partial charge in [0.2, 0.25) is 0 Å². The van der Waals surface area contributed by atoms with Gasteiger partial charge in [0.25, 0.3) is 5.56 Å². The van der Waals surface area contributed by atoms with Crippen LogP contribution in [0, 0.1) is 12.8 Å². The van der Waals surface area contributed by atoms with Crippen LogP contribution in [0.5, 0.6) is 0 Å². The largest absolute Gasteiger partial charge is 0.336 e. The molecular weight excluding hydrogens is 244 g/mol. The van der Waals surface area contributed by atoms with E-state index in [0.717, 1.165) is 12.8 Å². The van der Waals surface area contributed by atoms with Gasteiger partial charge in [0.15, 0.2) is 5.65 Å². The van der Waals surface area contributed by atoms with E-state index >= 15 is 0 Å². The van der Waals surface area contributed by atoms with Crippen LogP contribution in [-0.2, 0) is 6.54 Å². The third-order valence-corrected chi connectivity index (χ3v) is 3.92. The smallest absolute Gasteiger partial charge is 0.330 e. The van der Waals surface area contributed by atoms with E-state index in [1.54, 1.807) is 11.5 Å². The van der Waals surface area contributed by atoms with E-state index in [9.17, 15) is 9.59 Å². The molecule has 0 unspecified atom stereocenters. The Morgan fingerprint density at radius 1 is 1.21 bits per heavy atom. The summed E-state index contributed by atoms with van der Waals surface area (Å²) in [6.45, 7) is 2.44. The lowest BCUT2D eigenvalue weighted by Crippen LogP contribution is -2.32. The third-order valence-electron chi connectivity index (χ3n) is 3.92. The van der Waals surface area contributed by atoms with Gasteiger partial charge < -0.3 is 4.98 Å². The Balaban J connectivity index is 2.06. The molecule has 6 nitrogen and oxygen atoms in total. The fraction of sp³-hybridized carbons (Fsp3) is 0.615. The Labute approximate surface area is 109 Å². The van der Waals surface area contributed by atoms with Crippen molar-refractivity contribution in [3.8, 4) is 0 Å². The molecular formula is C13H18N4O2. The number of nitrogens with zero attached hydrogens (tertiary/aromatic N) is 2. The molecule has 19 heavy (non-hydrogen) atoms. The second kappa shape index (κ2) is 4.68. The predicted octanol–water partition coefficient (Wildman–Crippen LogP) is 1.30. The van der Waals surface area contributed by atoms with Crippen LogP contribution in [-0.4, -0.2) is 19.5 Å². The average molecular weight is 262 g/mol. The molecule has 1 saturated carbocycles. The molecule has 0 atom stereocenters. The van der Waals surface area contributed by atoms with Crippen molar-refractivity contribution in [1.29, 1.82) is 0 Å². The van der Waals surface area contributed by atoms with Crippen molar-refractivity contribution in [2.45, 2.75) is 45.6 Å². The molecule has 1 fully saturated rings. The summed E-state index contributed by atoms with van der Waals surface area (Å²) in [5.74, 6) is 1.17. The summed E-state index contributed by atoms with van der Waals surface area (Å²) in [4.78, 5) is 33.3. The highest BCUT2D eigenvalue weighted by Crippen LogP contribution is 2.25. The van der Waals surface area contributed by atoms with Crippen molar-refractivity contribution in [3.63, 3.8) is 0 Å². The third kappa shape index (κ3) is 2.22. The number of H-pyrrole nitrogens is 2. The number of hydrogen-bond acceptors (Lipinski definition) is 3. The van der Waals surface area contributed by atoms with E-state index in [1.807, 2.05) is 0 Å². The Morgan fingerprint density at radius 2 is 1.95 bits per heavy atom. The maximum Gasteiger partial charge on any atom is 0.330 e. The van der Waals surface area contributed by atoms with E-state index < -0.39 is 0 Å². The lowest BCUT2D eigenvalue weighted by Gasteiger charge is -2.22. The number of fused-ring (bicyclic) bond motifs is 1. The Hall–Kier alpha value is -1.85. The highest BCUT2D eigenvalue weighted by Gasteiger charge is 2.18. The maximum atomic E-state index is 12.0. The molecule has 2 N–H and O–H groups in total. The molecule has 0 amide bonds. The van der Waals surface area contributed by atoms with Crippen LogP contribution in [0.15, 0.2) is 9.59 Å². The Bertz CT molecular complexity index is 703. The number of aromatic nitrogens is 4. The molecule has 0 spiro atoms. The van der Waals surface area contributed by atoms with Crippen LogP contribution in [0.2, 0.25) is 0 Å². The van der Waals surface area contributed by atoms with Crippen LogP contribution < -0.4 is 11.2 Å². The number of aromatic amines is 2. The highest BCUT2D eigenvalue weighted by atomic mass is 16.2. The lowest BCUT2D eigenvalue weighted by atomic mass is 9.89. The summed E-state index contributed by atoms with van der Waals surface area (Å²) in [6.07, 6.45) is 6.04. The molecule has 102 valence electrons. The van der Waals surface area contributed by atoms with E-state index in [2.05, 4.69) is 15.0 Å². The zero-order valence-corrected chi connectivity index (χ0v) is 11.0. The van der Waals surface area contributed by atoms with Crippen molar-refractivity contribution < 1.29 is 0 Å². The molecule has 2 aromatic heterocycles. The monoisotopic (exact) mass is 262 g/mol. The minimum atomic E-state index is -0.388. The predicted molar refractivity (Wildman–Crippen MR) is 72.3 cm³/mol. The number of imidazole rings is 1. The van der Waals surface area contributed by atoms with Gasteiger partial charge in [-0.3, -0.25) is 14.3 Å². The van der Waals surface area contributed by atoms with Gasteiger partial charge in [-0.1, -0.05) is 19.3 Å². The maximum absolute atomic E-state index is 12.0. The second-order valence-corrected chi connectivity index (χ2v) is 5.39. The fourth-order valence-corrected chi connectivity index (χ4v) is 2.95. The topological polar surface area (TPSA) is 83.5 Å². The summed E-state index contributed by atoms with van der Waals surface area (Å²) < 4.78 is 1.61. The summed E-state index contributed by atoms with van der Waals surface area (Å²) in [6, 6.07) is 0. The summed E-state index contributed by atoms with van der Waals surface area (Å²) in [5.41, 5.74) is 0.139. The zero-order valence-electron chi connectivity index (χ0n) is 11.0. The Kier molecular flexibility index (Phi) is 3.00. The molecule has 2 heterocycles. The van der Waals surface area contributed by atoms with Crippen LogP contribution in [0.25, 0.3) is 11.2 Å². The van der Waals surface area contributed by atoms with Crippen molar-refractivity contribution in [2.75, 3.05) is 0 Å². The van der Waals surface area contributed by atoms with Gasteiger partial charge in [-0.2, -0.15) is 0 Å². The van der Waals surface area contributed by atoms with Crippen molar-refractivity contribution in [3.05, 3.63) is 26.7 Å². The average Bonchev–Trinajstić information content (AvgIpc) is 2.78. The summed E-state index contributed by atoms with van der Waals surface area (Å²) in [5, 5.41) is 0. The molecule has 0 bridgehead atoms. The fourth-order valence-electron chi connectivity index (χ4n) is 2.95. The van der Waals surface area contributed by atoms with Gasteiger partial charge in [-0.25, -0.2) is 9.78 Å². The van der Waals surface area contributed by atoms with E-state index in [1.165, 1.54) is 19.3 Å². The first-order valence-electron chi connectivity index (χ1n) is 6.84. The van der Waals surface area contributed by atoms with Crippen molar-refractivity contribution >= 4 is 11.2 Å². The number of hydrogen-bond donors (Lipinski definition) is 2. The van der Waals surface area contributed by atoms with Gasteiger partial charge in [0, 0.05) is 6.54 Å². The van der Waals surface area contributed by atoms with E-state index in [-0.39, 0.29) is 11.2 Å². The molecule has 2 aromatic rings. The second-order valence-electron chi connectivity index (χ2n) is 5.39. The van der Waals surface area contributed by atoms with Gasteiger partial charge in [-0.15, -0.1) is 0 Å². The molecule has 6 heteroatoms. The first-order chi connectivity index (χ1) is 9.15. The summed E-state index contributed by atoms with van der Waals surface area (Å²) in [7, 11) is 0. The molecule has 0 aliphatic heterocycles. The number of nitrogens with one attached hydrogen (secondary N) is 2. The number of aryl methyl sites for hydroxylation is 1. The van der Waals surface area contributed by atoms with Gasteiger partial charge in [0.1, 0.15) is 11.3 Å². The van der Waals surface area contributed by atoms with E-state index in [0.29, 0.717) is 29.5 Å². The zero-order chi connectivity index (χ0) is 13.4. The van der Waals surface area contributed by atoms with Crippen molar-refractivity contribution in [1.82, 2.24) is 19.5 Å². The van der Waals surface area contributed by atoms with Crippen LogP contribution >= 0.6 is 0 Å². The van der Waals surface area contributed by atoms with Gasteiger partial charge in [-0.05, 0) is 25.7 Å². The molecule has 0 saturated heterocycles. The van der Waals surface area contributed by atoms with Crippen LogP contribution in [0.1, 0.15) is 37.9 Å². The number of rotatable bonds is 2. The van der Waals surface area contributed by atoms with Crippen LogP contribution in [0.3, 0.4) is 0 Å². The normalized spacial score (nSPS) is 17.1. The molecule has 1 aliphatic rings. The van der Waals surface area contributed by atoms with Crippen LogP contribution in [0.4, 0.5) is 0 Å². The summed E-state index contributed by atoms with van der Waals surface area (Å²) >= 11 is 0. The molecule has 1 aliphatic carbocycles. The highest BCUT2D eigenvalue weighted by molar-refractivity contribution is 5.69. The molecule has 0 radical (unpaired) electrons. The molecule has 0 aromatic carbocycles. The quantitative estimate of drug-likeness (QED) is 0.855. The first kappa shape index (κ1) is 12.2. The standard InChI is InChI=1S/C13H18N4O2/c1-8-14-10-11(15-8)17(13(19)16-12(10)18)7-9-5-3-2-4-6-9/h9H,2-7H2,1H3,(H,14,15)(H,16,18,19). The van der Waals surface area contributed by atoms with Gasteiger partial charge >= 0.3 is 5.69 Å². The first-order valence-corrected chi connectivity index (χ1v) is 6.84. The minimum absolute atomic E-state index is 0.352. The molecule has 3 rings (SSSR count). The lowest BCUT2D eigenvalue weighted by molar-refractivity contribution is 0.317. The van der Waals surface area contributed by atoms with Crippen molar-refractivity contribution in [2.24, 2.45) is 5.92 Å².